The van der Waals surface area contributed by atoms with Crippen LogP contribution in [0.2, 0.25) is 0 Å². The van der Waals surface area contributed by atoms with Crippen LogP contribution in [0.25, 0.3) is 16.9 Å². The van der Waals surface area contributed by atoms with E-state index in [0.717, 1.165) is 11.0 Å². The summed E-state index contributed by atoms with van der Waals surface area (Å²) in [5.41, 5.74) is 8.17. The summed E-state index contributed by atoms with van der Waals surface area (Å²) in [5.74, 6) is 1.05. The summed E-state index contributed by atoms with van der Waals surface area (Å²) in [6, 6.07) is 7.61. The van der Waals surface area contributed by atoms with Crippen LogP contribution in [0, 0.1) is 0 Å². The maximum atomic E-state index is 6.13. The molecule has 2 aromatic heterocycles. The monoisotopic (exact) mass is 285 g/mol. The van der Waals surface area contributed by atoms with Crippen molar-refractivity contribution in [3.05, 3.63) is 30.6 Å². The quantitative estimate of drug-likeness (QED) is 0.670. The number of anilines is 2. The lowest BCUT2D eigenvalue weighted by atomic mass is 10.3. The molecule has 8 nitrogen and oxygen atoms in total. The first-order valence-corrected chi connectivity index (χ1v) is 6.45. The summed E-state index contributed by atoms with van der Waals surface area (Å²) in [6.07, 6.45) is 1.44. The number of benzene rings is 1. The van der Waals surface area contributed by atoms with Gasteiger partial charge in [0.15, 0.2) is 11.6 Å². The molecule has 0 unspecified atom stereocenters. The Hall–Kier alpha value is -2.74. The summed E-state index contributed by atoms with van der Waals surface area (Å²) < 4.78 is 6.59. The van der Waals surface area contributed by atoms with Crippen molar-refractivity contribution in [2.24, 2.45) is 0 Å². The highest BCUT2D eigenvalue weighted by molar-refractivity contribution is 5.78. The van der Waals surface area contributed by atoms with Crippen molar-refractivity contribution < 1.29 is 4.74 Å². The van der Waals surface area contributed by atoms with Crippen molar-refractivity contribution in [3.63, 3.8) is 0 Å². The molecule has 0 fully saturated rings. The normalized spacial score (nSPS) is 10.9. The number of aromatic nitrogens is 5. The largest absolute Gasteiger partial charge is 0.393 e. The standard InChI is InChI=1S/C13H15N7O/c1-21-7-6-15-12-11(14)13(17-8-16-12)20-10-5-3-2-4-9(10)18-19-20/h2-5,8H,6-7,14H2,1H3,(H,15,16,17). The highest BCUT2D eigenvalue weighted by Gasteiger charge is 2.13. The number of ether oxygens (including phenoxy) is 1. The number of hydrogen-bond donors (Lipinski definition) is 2. The Morgan fingerprint density at radius 1 is 1.29 bits per heavy atom. The lowest BCUT2D eigenvalue weighted by Gasteiger charge is -2.10. The van der Waals surface area contributed by atoms with E-state index in [1.54, 1.807) is 11.8 Å². The fourth-order valence-electron chi connectivity index (χ4n) is 1.99. The molecule has 108 valence electrons. The minimum Gasteiger partial charge on any atom is -0.393 e. The zero-order valence-electron chi connectivity index (χ0n) is 11.5. The summed E-state index contributed by atoms with van der Waals surface area (Å²) in [6.45, 7) is 1.17. The minimum absolute atomic E-state index is 0.421. The number of hydrogen-bond acceptors (Lipinski definition) is 7. The van der Waals surface area contributed by atoms with Gasteiger partial charge in [0.1, 0.15) is 17.5 Å². The minimum atomic E-state index is 0.421. The first-order valence-electron chi connectivity index (χ1n) is 6.45. The van der Waals surface area contributed by atoms with Crippen LogP contribution in [0.3, 0.4) is 0 Å². The van der Waals surface area contributed by atoms with E-state index in [2.05, 4.69) is 25.6 Å². The molecule has 0 amide bonds. The molecular formula is C13H15N7O. The van der Waals surface area contributed by atoms with Crippen molar-refractivity contribution in [2.75, 3.05) is 31.3 Å². The van der Waals surface area contributed by atoms with Gasteiger partial charge in [0, 0.05) is 13.7 Å². The molecule has 3 aromatic rings. The van der Waals surface area contributed by atoms with Crippen LogP contribution >= 0.6 is 0 Å². The van der Waals surface area contributed by atoms with Crippen LogP contribution in [0.5, 0.6) is 0 Å². The van der Waals surface area contributed by atoms with Gasteiger partial charge < -0.3 is 15.8 Å². The van der Waals surface area contributed by atoms with E-state index < -0.39 is 0 Å². The summed E-state index contributed by atoms with van der Waals surface area (Å²) in [4.78, 5) is 8.35. The van der Waals surface area contributed by atoms with Gasteiger partial charge in [-0.25, -0.2) is 9.97 Å². The molecule has 0 atom stereocenters. The fraction of sp³-hybridized carbons (Fsp3) is 0.231. The molecular weight excluding hydrogens is 270 g/mol. The molecule has 0 aliphatic carbocycles. The number of nitrogens with two attached hydrogens (primary N) is 1. The molecule has 0 radical (unpaired) electrons. The molecule has 3 rings (SSSR count). The number of nitrogens with one attached hydrogen (secondary N) is 1. The molecule has 0 saturated carbocycles. The van der Waals surface area contributed by atoms with Crippen molar-refractivity contribution in [3.8, 4) is 5.82 Å². The van der Waals surface area contributed by atoms with Gasteiger partial charge in [0.2, 0.25) is 0 Å². The van der Waals surface area contributed by atoms with Crippen LogP contribution in [-0.2, 0) is 4.74 Å². The summed E-state index contributed by atoms with van der Waals surface area (Å²) >= 11 is 0. The average Bonchev–Trinajstić information content (AvgIpc) is 2.93. The van der Waals surface area contributed by atoms with Gasteiger partial charge in [-0.05, 0) is 12.1 Å². The van der Waals surface area contributed by atoms with Gasteiger partial charge in [0.05, 0.1) is 12.1 Å². The number of para-hydroxylation sites is 1. The predicted octanol–water partition coefficient (Wildman–Crippen LogP) is 0.851. The van der Waals surface area contributed by atoms with Gasteiger partial charge >= 0.3 is 0 Å². The van der Waals surface area contributed by atoms with Crippen molar-refractivity contribution in [1.82, 2.24) is 25.0 Å². The third-order valence-electron chi connectivity index (χ3n) is 3.01. The van der Waals surface area contributed by atoms with Crippen molar-refractivity contribution in [1.29, 1.82) is 0 Å². The second-order valence-corrected chi connectivity index (χ2v) is 4.37. The number of fused-ring (bicyclic) bond motifs is 1. The number of nitrogens with zero attached hydrogens (tertiary/aromatic N) is 5. The van der Waals surface area contributed by atoms with E-state index in [9.17, 15) is 0 Å². The smallest absolute Gasteiger partial charge is 0.184 e. The SMILES string of the molecule is COCCNc1ncnc(-n2nnc3ccccc32)c1N. The molecule has 3 N–H and O–H groups in total. The van der Waals surface area contributed by atoms with Gasteiger partial charge in [0.25, 0.3) is 0 Å². The molecule has 0 aliphatic rings. The molecule has 0 bridgehead atoms. The lowest BCUT2D eigenvalue weighted by Crippen LogP contribution is -2.13. The Labute approximate surface area is 121 Å². The van der Waals surface area contributed by atoms with E-state index in [-0.39, 0.29) is 0 Å². The van der Waals surface area contributed by atoms with Gasteiger partial charge in [-0.15, -0.1) is 5.10 Å². The zero-order valence-corrected chi connectivity index (χ0v) is 11.5. The van der Waals surface area contributed by atoms with E-state index in [4.69, 9.17) is 10.5 Å². The van der Waals surface area contributed by atoms with Crippen molar-refractivity contribution in [2.45, 2.75) is 0 Å². The number of methoxy groups -OCH3 is 1. The zero-order chi connectivity index (χ0) is 14.7. The Balaban J connectivity index is 2.00. The topological polar surface area (TPSA) is 104 Å². The molecule has 8 heteroatoms. The third kappa shape index (κ3) is 2.48. The van der Waals surface area contributed by atoms with Crippen LogP contribution in [0.15, 0.2) is 30.6 Å². The number of rotatable bonds is 5. The van der Waals surface area contributed by atoms with Gasteiger partial charge in [-0.1, -0.05) is 17.3 Å². The second kappa shape index (κ2) is 5.71. The highest BCUT2D eigenvalue weighted by atomic mass is 16.5. The summed E-state index contributed by atoms with van der Waals surface area (Å²) in [5, 5.41) is 11.3. The number of nitrogen functional groups attached to an aromatic ring is 1. The van der Waals surface area contributed by atoms with E-state index in [1.165, 1.54) is 6.33 Å². The van der Waals surface area contributed by atoms with Crippen LogP contribution < -0.4 is 11.1 Å². The summed E-state index contributed by atoms with van der Waals surface area (Å²) in [7, 11) is 1.64. The maximum absolute atomic E-state index is 6.13. The van der Waals surface area contributed by atoms with Crippen LogP contribution in [0.1, 0.15) is 0 Å². The fourth-order valence-corrected chi connectivity index (χ4v) is 1.99. The molecule has 0 saturated heterocycles. The lowest BCUT2D eigenvalue weighted by molar-refractivity contribution is 0.210. The Morgan fingerprint density at radius 2 is 2.14 bits per heavy atom. The van der Waals surface area contributed by atoms with Gasteiger partial charge in [-0.2, -0.15) is 4.68 Å². The predicted molar refractivity (Wildman–Crippen MR) is 79.2 cm³/mol. The van der Waals surface area contributed by atoms with E-state index in [0.29, 0.717) is 30.5 Å². The molecule has 1 aromatic carbocycles. The molecule has 21 heavy (non-hydrogen) atoms. The van der Waals surface area contributed by atoms with Crippen molar-refractivity contribution >= 4 is 22.5 Å². The molecule has 0 spiro atoms. The Bertz CT molecular complexity index is 755. The Kier molecular flexibility index (Phi) is 3.61. The first-order chi connectivity index (χ1) is 10.3. The third-order valence-corrected chi connectivity index (χ3v) is 3.01. The van der Waals surface area contributed by atoms with E-state index in [1.807, 2.05) is 24.3 Å². The Morgan fingerprint density at radius 3 is 3.00 bits per heavy atom. The van der Waals surface area contributed by atoms with Gasteiger partial charge in [-0.3, -0.25) is 0 Å². The molecule has 0 aliphatic heterocycles. The second-order valence-electron chi connectivity index (χ2n) is 4.37. The van der Waals surface area contributed by atoms with E-state index >= 15 is 0 Å². The maximum Gasteiger partial charge on any atom is 0.184 e. The van der Waals surface area contributed by atoms with Crippen LogP contribution in [0.4, 0.5) is 11.5 Å². The first kappa shape index (κ1) is 13.3. The molecule has 2 heterocycles. The average molecular weight is 285 g/mol. The highest BCUT2D eigenvalue weighted by Crippen LogP contribution is 2.23. The van der Waals surface area contributed by atoms with Crippen LogP contribution in [-0.4, -0.2) is 45.2 Å².